The zero-order valence-corrected chi connectivity index (χ0v) is 19.8. The highest BCUT2D eigenvalue weighted by atomic mass is 16.1. The molecule has 0 saturated carbocycles. The van der Waals surface area contributed by atoms with E-state index in [2.05, 4.69) is 66.5 Å². The van der Waals surface area contributed by atoms with Gasteiger partial charge in [-0.2, -0.15) is 0 Å². The van der Waals surface area contributed by atoms with Gasteiger partial charge >= 0.3 is 0 Å². The van der Waals surface area contributed by atoms with Gasteiger partial charge in [-0.25, -0.2) is 0 Å². The van der Waals surface area contributed by atoms with Gasteiger partial charge in [0.2, 0.25) is 0 Å². The largest absolute Gasteiger partial charge is 0.294 e. The number of ketones is 1. The molecule has 33 heavy (non-hydrogen) atoms. The predicted molar refractivity (Wildman–Crippen MR) is 136 cm³/mol. The molecule has 2 aromatic carbocycles. The molecule has 2 aliphatic rings. The Morgan fingerprint density at radius 2 is 1.94 bits per heavy atom. The van der Waals surface area contributed by atoms with Gasteiger partial charge < -0.3 is 0 Å². The van der Waals surface area contributed by atoms with Crippen molar-refractivity contribution in [1.29, 1.82) is 0 Å². The van der Waals surface area contributed by atoms with E-state index < -0.39 is 0 Å². The molecule has 0 N–H and O–H groups in total. The van der Waals surface area contributed by atoms with Crippen LogP contribution < -0.4 is 0 Å². The number of Topliss-reactive ketones (excluding diaryl/α,β-unsaturated/α-hetero) is 1. The van der Waals surface area contributed by atoms with Crippen LogP contribution in [0, 0.1) is 12.8 Å². The first-order valence-electron chi connectivity index (χ1n) is 12.4. The fraction of sp³-hybridized carbons (Fsp3) is 0.355. The van der Waals surface area contributed by atoms with Crippen LogP contribution in [0.3, 0.4) is 0 Å². The third-order valence-electron chi connectivity index (χ3n) is 8.17. The van der Waals surface area contributed by atoms with Crippen molar-refractivity contribution in [2.75, 3.05) is 0 Å². The maximum Gasteiger partial charge on any atom is 0.167 e. The number of nitrogens with zero attached hydrogens (tertiary/aromatic N) is 1. The zero-order chi connectivity index (χ0) is 22.8. The third-order valence-corrected chi connectivity index (χ3v) is 8.17. The number of hydrogen-bond acceptors (Lipinski definition) is 2. The van der Waals surface area contributed by atoms with Gasteiger partial charge in [0.1, 0.15) is 0 Å². The summed E-state index contributed by atoms with van der Waals surface area (Å²) in [6, 6.07) is 21.4. The number of fused-ring (bicyclic) bond motifs is 3. The molecule has 0 aliphatic heterocycles. The minimum absolute atomic E-state index is 0.186. The minimum Gasteiger partial charge on any atom is -0.294 e. The SMILES string of the molecule is CC[C@@]12CC=C(c3ccccc3)C[C@@H]1CCCc1cc(C(=O)Cc3cccnc3C)ccc12. The van der Waals surface area contributed by atoms with Gasteiger partial charge in [0.15, 0.2) is 5.78 Å². The van der Waals surface area contributed by atoms with E-state index in [9.17, 15) is 4.79 Å². The molecule has 2 heteroatoms. The number of carbonyl (C=O) groups is 1. The standard InChI is InChI=1S/C31H33NO/c1-3-31-17-16-25(23-9-5-4-6-10-23)20-28(31)13-7-11-26-19-27(14-15-29(26)31)30(33)21-24-12-8-18-32-22(24)2/h4-6,8-10,12,14-16,18-19,28H,3,7,11,13,17,20-21H2,1-2H3/t28-,31+/m0/s1. The number of pyridine rings is 1. The molecule has 0 fully saturated rings. The van der Waals surface area contributed by atoms with E-state index in [1.165, 1.54) is 35.1 Å². The average molecular weight is 436 g/mol. The van der Waals surface area contributed by atoms with Crippen LogP contribution in [0.1, 0.15) is 77.3 Å². The molecule has 0 radical (unpaired) electrons. The van der Waals surface area contributed by atoms with Crippen LogP contribution in [-0.4, -0.2) is 10.8 Å². The summed E-state index contributed by atoms with van der Waals surface area (Å²) in [5.41, 5.74) is 8.76. The number of aromatic nitrogens is 1. The molecular weight excluding hydrogens is 402 g/mol. The summed E-state index contributed by atoms with van der Waals surface area (Å²) in [6.07, 6.45) is 11.6. The molecule has 3 aromatic rings. The highest BCUT2D eigenvalue weighted by molar-refractivity contribution is 5.98. The van der Waals surface area contributed by atoms with E-state index in [4.69, 9.17) is 0 Å². The quantitative estimate of drug-likeness (QED) is 0.394. The molecule has 0 bridgehead atoms. The fourth-order valence-electron chi connectivity index (χ4n) is 6.21. The van der Waals surface area contributed by atoms with Gasteiger partial charge in [-0.3, -0.25) is 9.78 Å². The predicted octanol–water partition coefficient (Wildman–Crippen LogP) is 7.29. The Morgan fingerprint density at radius 1 is 1.09 bits per heavy atom. The lowest BCUT2D eigenvalue weighted by molar-refractivity contribution is 0.0992. The molecular formula is C31H33NO. The summed E-state index contributed by atoms with van der Waals surface area (Å²) in [7, 11) is 0. The van der Waals surface area contributed by atoms with E-state index in [0.29, 0.717) is 12.3 Å². The van der Waals surface area contributed by atoms with Crippen LogP contribution in [0.4, 0.5) is 0 Å². The van der Waals surface area contributed by atoms with Gasteiger partial charge in [0, 0.05) is 29.3 Å². The normalized spacial score (nSPS) is 22.0. The molecule has 168 valence electrons. The highest BCUT2D eigenvalue weighted by Crippen LogP contribution is 2.52. The summed E-state index contributed by atoms with van der Waals surface area (Å²) in [6.45, 7) is 4.33. The van der Waals surface area contributed by atoms with Crippen molar-refractivity contribution >= 4 is 11.4 Å². The van der Waals surface area contributed by atoms with E-state index in [-0.39, 0.29) is 11.2 Å². The molecule has 5 rings (SSSR count). The number of hydrogen-bond donors (Lipinski definition) is 0. The van der Waals surface area contributed by atoms with Crippen molar-refractivity contribution in [1.82, 2.24) is 4.98 Å². The summed E-state index contributed by atoms with van der Waals surface area (Å²) >= 11 is 0. The number of allylic oxidation sites excluding steroid dienone is 2. The van der Waals surface area contributed by atoms with E-state index in [1.807, 2.05) is 19.1 Å². The van der Waals surface area contributed by atoms with Crippen molar-refractivity contribution in [3.63, 3.8) is 0 Å². The van der Waals surface area contributed by atoms with E-state index in [0.717, 1.165) is 42.5 Å². The van der Waals surface area contributed by atoms with Crippen LogP contribution in [0.15, 0.2) is 72.9 Å². The Kier molecular flexibility index (Phi) is 6.01. The molecule has 0 unspecified atom stereocenters. The second kappa shape index (κ2) is 9.09. The maximum atomic E-state index is 13.1. The number of benzene rings is 2. The first-order valence-corrected chi connectivity index (χ1v) is 12.4. The third kappa shape index (κ3) is 4.08. The minimum atomic E-state index is 0.186. The van der Waals surface area contributed by atoms with E-state index >= 15 is 0 Å². The van der Waals surface area contributed by atoms with Crippen molar-refractivity contribution < 1.29 is 4.79 Å². The maximum absolute atomic E-state index is 13.1. The van der Waals surface area contributed by atoms with Crippen LogP contribution >= 0.6 is 0 Å². The van der Waals surface area contributed by atoms with Crippen molar-refractivity contribution in [2.45, 2.75) is 64.2 Å². The Balaban J connectivity index is 1.46. The first-order chi connectivity index (χ1) is 16.1. The summed E-state index contributed by atoms with van der Waals surface area (Å²) in [5, 5.41) is 0. The molecule has 0 saturated heterocycles. The Bertz CT molecular complexity index is 1190. The first kappa shape index (κ1) is 21.8. The number of rotatable bonds is 5. The van der Waals surface area contributed by atoms with Crippen LogP contribution in [-0.2, 0) is 18.3 Å². The Morgan fingerprint density at radius 3 is 2.73 bits per heavy atom. The second-order valence-electron chi connectivity index (χ2n) is 9.82. The van der Waals surface area contributed by atoms with Gasteiger partial charge in [0.05, 0.1) is 0 Å². The molecule has 2 aliphatic carbocycles. The molecule has 0 spiro atoms. The van der Waals surface area contributed by atoms with Crippen molar-refractivity contribution in [3.8, 4) is 0 Å². The molecule has 1 heterocycles. The fourth-order valence-corrected chi connectivity index (χ4v) is 6.21. The Hall–Kier alpha value is -3.00. The molecule has 0 amide bonds. The van der Waals surface area contributed by atoms with Gasteiger partial charge in [-0.05, 0) is 91.3 Å². The van der Waals surface area contributed by atoms with Crippen LogP contribution in [0.2, 0.25) is 0 Å². The zero-order valence-electron chi connectivity index (χ0n) is 19.8. The summed E-state index contributed by atoms with van der Waals surface area (Å²) < 4.78 is 0. The van der Waals surface area contributed by atoms with Gasteiger partial charge in [0.25, 0.3) is 0 Å². The second-order valence-corrected chi connectivity index (χ2v) is 9.82. The smallest absolute Gasteiger partial charge is 0.167 e. The van der Waals surface area contributed by atoms with Crippen LogP contribution in [0.5, 0.6) is 0 Å². The average Bonchev–Trinajstić information content (AvgIpc) is 3.02. The topological polar surface area (TPSA) is 30.0 Å². The lowest BCUT2D eigenvalue weighted by atomic mass is 9.60. The summed E-state index contributed by atoms with van der Waals surface area (Å²) in [5.74, 6) is 0.846. The monoisotopic (exact) mass is 435 g/mol. The molecule has 1 aromatic heterocycles. The molecule has 2 nitrogen and oxygen atoms in total. The van der Waals surface area contributed by atoms with Gasteiger partial charge in [-0.1, -0.05) is 61.5 Å². The van der Waals surface area contributed by atoms with Crippen molar-refractivity contribution in [2.24, 2.45) is 5.92 Å². The van der Waals surface area contributed by atoms with Crippen LogP contribution in [0.25, 0.3) is 5.57 Å². The molecule has 2 atom stereocenters. The summed E-state index contributed by atoms with van der Waals surface area (Å²) in [4.78, 5) is 17.5. The van der Waals surface area contributed by atoms with Gasteiger partial charge in [-0.15, -0.1) is 0 Å². The van der Waals surface area contributed by atoms with E-state index in [1.54, 1.807) is 6.20 Å². The number of aryl methyl sites for hydroxylation is 2. The lowest BCUT2D eigenvalue weighted by Crippen LogP contribution is -2.36. The lowest BCUT2D eigenvalue weighted by Gasteiger charge is -2.44. The number of carbonyl (C=O) groups excluding carboxylic acids is 1. The highest BCUT2D eigenvalue weighted by Gasteiger charge is 2.43. The van der Waals surface area contributed by atoms with Crippen molar-refractivity contribution in [3.05, 3.63) is 106 Å². The Labute approximate surface area is 197 Å².